The molecule has 3 heteroatoms. The van der Waals surface area contributed by atoms with E-state index < -0.39 is 0 Å². The Morgan fingerprint density at radius 3 is 2.42 bits per heavy atom. The molecule has 0 atom stereocenters. The van der Waals surface area contributed by atoms with Gasteiger partial charge in [-0.25, -0.2) is 0 Å². The SMILES string of the molecule is CCN1CCC[N+](CC)(CC)[SiH2]1. The second-order valence-electron chi connectivity index (χ2n) is 3.90. The van der Waals surface area contributed by atoms with Crippen LogP contribution in [0.3, 0.4) is 0 Å². The van der Waals surface area contributed by atoms with Crippen molar-refractivity contribution in [3.05, 3.63) is 0 Å². The molecule has 12 heavy (non-hydrogen) atoms. The van der Waals surface area contributed by atoms with Crippen LogP contribution in [0, 0.1) is 0 Å². The van der Waals surface area contributed by atoms with Gasteiger partial charge in [-0.2, -0.15) is 0 Å². The van der Waals surface area contributed by atoms with E-state index in [1.807, 2.05) is 0 Å². The highest BCUT2D eigenvalue weighted by Crippen LogP contribution is 2.13. The third-order valence-electron chi connectivity index (χ3n) is 3.40. The first-order valence-corrected chi connectivity index (χ1v) is 6.60. The summed E-state index contributed by atoms with van der Waals surface area (Å²) in [7, 11) is 0.000386. The summed E-state index contributed by atoms with van der Waals surface area (Å²) >= 11 is 0. The van der Waals surface area contributed by atoms with Crippen molar-refractivity contribution in [3.63, 3.8) is 0 Å². The number of hydrogen-bond donors (Lipinski definition) is 0. The van der Waals surface area contributed by atoms with Gasteiger partial charge in [0.25, 0.3) is 0 Å². The van der Waals surface area contributed by atoms with E-state index in [0.717, 1.165) is 0 Å². The lowest BCUT2D eigenvalue weighted by atomic mass is 10.3. The summed E-state index contributed by atoms with van der Waals surface area (Å²) in [4.78, 5) is 0. The molecule has 0 bridgehead atoms. The molecular formula is C9H23N2Si+. The van der Waals surface area contributed by atoms with Crippen LogP contribution >= 0.6 is 0 Å². The molecule has 1 saturated heterocycles. The Morgan fingerprint density at radius 2 is 1.92 bits per heavy atom. The number of rotatable bonds is 3. The molecule has 72 valence electrons. The molecule has 2 nitrogen and oxygen atoms in total. The van der Waals surface area contributed by atoms with Crippen LogP contribution in [0.4, 0.5) is 0 Å². The molecule has 0 saturated carbocycles. The van der Waals surface area contributed by atoms with Gasteiger partial charge in [0.1, 0.15) is 0 Å². The van der Waals surface area contributed by atoms with Crippen molar-refractivity contribution in [1.82, 2.24) is 4.57 Å². The summed E-state index contributed by atoms with van der Waals surface area (Å²) in [6.07, 6.45) is 1.42. The average molecular weight is 187 g/mol. The summed E-state index contributed by atoms with van der Waals surface area (Å²) in [6, 6.07) is 0. The van der Waals surface area contributed by atoms with Crippen LogP contribution in [0.2, 0.25) is 0 Å². The van der Waals surface area contributed by atoms with E-state index in [-0.39, 0.29) is 9.84 Å². The molecule has 0 unspecified atom stereocenters. The topological polar surface area (TPSA) is 3.24 Å². The largest absolute Gasteiger partial charge is 0.376 e. The second kappa shape index (κ2) is 4.39. The quantitative estimate of drug-likeness (QED) is 0.584. The van der Waals surface area contributed by atoms with E-state index in [1.54, 1.807) is 0 Å². The first-order chi connectivity index (χ1) is 5.76. The number of quaternary nitrogens is 1. The molecule has 1 aliphatic rings. The van der Waals surface area contributed by atoms with Crippen molar-refractivity contribution in [2.45, 2.75) is 27.2 Å². The van der Waals surface area contributed by atoms with Gasteiger partial charge in [0.2, 0.25) is 0 Å². The lowest BCUT2D eigenvalue weighted by Crippen LogP contribution is -2.61. The molecule has 1 rings (SSSR count). The second-order valence-corrected chi connectivity index (χ2v) is 6.42. The molecule has 0 aromatic rings. The minimum Gasteiger partial charge on any atom is -0.376 e. The van der Waals surface area contributed by atoms with Crippen molar-refractivity contribution in [1.29, 1.82) is 0 Å². The molecule has 0 N–H and O–H groups in total. The molecule has 0 radical (unpaired) electrons. The summed E-state index contributed by atoms with van der Waals surface area (Å²) in [5.41, 5.74) is 0. The molecule has 0 aromatic heterocycles. The molecule has 0 spiro atoms. The van der Waals surface area contributed by atoms with Gasteiger partial charge in [-0.05, 0) is 20.4 Å². The fourth-order valence-electron chi connectivity index (χ4n) is 2.19. The van der Waals surface area contributed by atoms with Crippen molar-refractivity contribution in [2.75, 3.05) is 32.7 Å². The van der Waals surface area contributed by atoms with Crippen LogP contribution in [0.1, 0.15) is 27.2 Å². The predicted octanol–water partition coefficient (Wildman–Crippen LogP) is 0.567. The first kappa shape index (κ1) is 10.2. The molecule has 1 aliphatic heterocycles. The third-order valence-corrected chi connectivity index (χ3v) is 6.37. The molecule has 0 amide bonds. The van der Waals surface area contributed by atoms with Gasteiger partial charge >= 0.3 is 9.84 Å². The van der Waals surface area contributed by atoms with Gasteiger partial charge < -0.3 is 4.15 Å². The van der Waals surface area contributed by atoms with E-state index >= 15 is 0 Å². The standard InChI is InChI=1S/C9H23N2Si/c1-4-10-8-7-9-11(5-2,6-3)12-10/h4-9,12H2,1-3H3/q+1. The van der Waals surface area contributed by atoms with Crippen LogP contribution in [0.5, 0.6) is 0 Å². The Labute approximate surface area is 79.1 Å². The highest BCUT2D eigenvalue weighted by atomic mass is 28.2. The van der Waals surface area contributed by atoms with Crippen molar-refractivity contribution in [2.24, 2.45) is 0 Å². The van der Waals surface area contributed by atoms with Crippen molar-refractivity contribution in [3.8, 4) is 0 Å². The Morgan fingerprint density at radius 1 is 1.25 bits per heavy atom. The Hall–Kier alpha value is 0.137. The van der Waals surface area contributed by atoms with Crippen LogP contribution in [-0.2, 0) is 0 Å². The van der Waals surface area contributed by atoms with Crippen LogP contribution in [0.25, 0.3) is 0 Å². The van der Waals surface area contributed by atoms with Gasteiger partial charge in [0, 0.05) is 13.0 Å². The van der Waals surface area contributed by atoms with E-state index in [2.05, 4.69) is 25.3 Å². The molecule has 0 aromatic carbocycles. The van der Waals surface area contributed by atoms with Gasteiger partial charge in [0.05, 0.1) is 19.6 Å². The summed E-state index contributed by atoms with van der Waals surface area (Å²) in [5, 5.41) is 0. The Kier molecular flexibility index (Phi) is 3.74. The maximum absolute atomic E-state index is 2.72. The summed E-state index contributed by atoms with van der Waals surface area (Å²) in [6.45, 7) is 13.9. The first-order valence-electron chi connectivity index (χ1n) is 5.33. The zero-order valence-corrected chi connectivity index (χ0v) is 10.3. The average Bonchev–Trinajstić information content (AvgIpc) is 2.18. The lowest BCUT2D eigenvalue weighted by molar-refractivity contribution is -0.825. The van der Waals surface area contributed by atoms with E-state index in [1.165, 1.54) is 43.3 Å². The van der Waals surface area contributed by atoms with Gasteiger partial charge in [0.15, 0.2) is 0 Å². The van der Waals surface area contributed by atoms with E-state index in [4.69, 9.17) is 0 Å². The fourth-order valence-corrected chi connectivity index (χ4v) is 4.37. The Bertz CT molecular complexity index is 134. The minimum atomic E-state index is 0.000386. The molecule has 1 heterocycles. The number of hydrogen-bond acceptors (Lipinski definition) is 1. The molecule has 0 aliphatic carbocycles. The lowest BCUT2D eigenvalue weighted by Gasteiger charge is -2.44. The van der Waals surface area contributed by atoms with Crippen molar-refractivity contribution < 1.29 is 4.15 Å². The van der Waals surface area contributed by atoms with Gasteiger partial charge in [-0.3, -0.25) is 4.57 Å². The maximum Gasteiger partial charge on any atom is 0.338 e. The fraction of sp³-hybridized carbons (Fsp3) is 1.00. The minimum absolute atomic E-state index is 0.000386. The zero-order chi connectivity index (χ0) is 9.03. The molecular weight excluding hydrogens is 164 g/mol. The highest BCUT2D eigenvalue weighted by molar-refractivity contribution is 6.22. The zero-order valence-electron chi connectivity index (χ0n) is 8.84. The summed E-state index contributed by atoms with van der Waals surface area (Å²) < 4.78 is 4.17. The van der Waals surface area contributed by atoms with Crippen molar-refractivity contribution >= 4 is 9.84 Å². The van der Waals surface area contributed by atoms with E-state index in [9.17, 15) is 0 Å². The highest BCUT2D eigenvalue weighted by Gasteiger charge is 2.30. The number of nitrogens with zero attached hydrogens (tertiary/aromatic N) is 2. The maximum atomic E-state index is 2.72. The van der Waals surface area contributed by atoms with Crippen LogP contribution in [0.15, 0.2) is 0 Å². The Balaban J connectivity index is 2.52. The monoisotopic (exact) mass is 187 g/mol. The summed E-state index contributed by atoms with van der Waals surface area (Å²) in [5.74, 6) is 0. The third kappa shape index (κ3) is 2.09. The molecule has 1 fully saturated rings. The normalized spacial score (nSPS) is 26.2. The van der Waals surface area contributed by atoms with Crippen LogP contribution in [-0.4, -0.2) is 51.3 Å². The van der Waals surface area contributed by atoms with Gasteiger partial charge in [-0.1, -0.05) is 6.92 Å². The predicted molar refractivity (Wildman–Crippen MR) is 56.6 cm³/mol. The van der Waals surface area contributed by atoms with Gasteiger partial charge in [-0.15, -0.1) is 0 Å². The smallest absolute Gasteiger partial charge is 0.338 e. The van der Waals surface area contributed by atoms with E-state index in [0.29, 0.717) is 0 Å². The van der Waals surface area contributed by atoms with Crippen LogP contribution < -0.4 is 0 Å².